The number of hydrogen-bond donors (Lipinski definition) is 0. The van der Waals surface area contributed by atoms with Crippen LogP contribution in [0.15, 0.2) is 24.3 Å². The van der Waals surface area contributed by atoms with Gasteiger partial charge in [-0.3, -0.25) is 10.1 Å². The van der Waals surface area contributed by atoms with Crippen molar-refractivity contribution in [2.75, 3.05) is 0 Å². The highest BCUT2D eigenvalue weighted by molar-refractivity contribution is 6.89. The molecule has 6 nitrogen and oxygen atoms in total. The minimum Gasteiger partial charge on any atom is -0.258 e. The molecule has 0 aliphatic carbocycles. The van der Waals surface area contributed by atoms with Crippen LogP contribution in [0.5, 0.6) is 0 Å². The summed E-state index contributed by atoms with van der Waals surface area (Å²) >= 11 is 0. The Kier molecular flexibility index (Phi) is 4.99. The first-order valence-electron chi connectivity index (χ1n) is 8.18. The first-order chi connectivity index (χ1) is 13.4. The lowest BCUT2D eigenvalue weighted by Gasteiger charge is -2.20. The second-order valence-corrected chi connectivity index (χ2v) is 12.1. The van der Waals surface area contributed by atoms with Gasteiger partial charge >= 0.3 is 0 Å². The monoisotopic (exact) mass is 428 g/mol. The lowest BCUT2D eigenvalue weighted by molar-refractivity contribution is -0.384. The number of nitro benzene ring substituents is 1. The lowest BCUT2D eigenvalue weighted by atomic mass is 10.1. The van der Waals surface area contributed by atoms with Gasteiger partial charge in [-0.15, -0.1) is 5.10 Å². The molecule has 152 valence electrons. The van der Waals surface area contributed by atoms with Gasteiger partial charge in [0, 0.05) is 17.7 Å². The number of halogens is 5. The zero-order valence-electron chi connectivity index (χ0n) is 15.3. The fourth-order valence-corrected chi connectivity index (χ4v) is 4.52. The van der Waals surface area contributed by atoms with Crippen molar-refractivity contribution in [3.8, 4) is 16.9 Å². The summed E-state index contributed by atoms with van der Waals surface area (Å²) in [6.07, 6.45) is 0. The quantitative estimate of drug-likeness (QED) is 0.157. The van der Waals surface area contributed by atoms with E-state index in [4.69, 9.17) is 0 Å². The third kappa shape index (κ3) is 3.39. The molecule has 0 aliphatic heterocycles. The number of nitro groups is 1. The molecule has 1 heterocycles. The van der Waals surface area contributed by atoms with Crippen LogP contribution in [0.1, 0.15) is 0 Å². The molecule has 0 atom stereocenters. The molecular weight excluding hydrogens is 415 g/mol. The summed E-state index contributed by atoms with van der Waals surface area (Å²) in [5.74, 6) is -10.5. The van der Waals surface area contributed by atoms with Crippen LogP contribution in [0.25, 0.3) is 16.9 Å². The van der Waals surface area contributed by atoms with Crippen LogP contribution >= 0.6 is 0 Å². The molecule has 1 aromatic heterocycles. The van der Waals surface area contributed by atoms with E-state index in [1.54, 1.807) is 19.6 Å². The van der Waals surface area contributed by atoms with E-state index in [-0.39, 0.29) is 16.7 Å². The summed E-state index contributed by atoms with van der Waals surface area (Å²) in [6.45, 7) is 5.30. The topological polar surface area (TPSA) is 73.8 Å². The van der Waals surface area contributed by atoms with Crippen molar-refractivity contribution in [3.05, 3.63) is 63.5 Å². The first-order valence-corrected chi connectivity index (χ1v) is 11.7. The minimum atomic E-state index is -2.53. The molecule has 0 aliphatic rings. The summed E-state index contributed by atoms with van der Waals surface area (Å²) in [5.41, 5.74) is -0.916. The van der Waals surface area contributed by atoms with Crippen molar-refractivity contribution in [2.45, 2.75) is 19.6 Å². The van der Waals surface area contributed by atoms with Gasteiger partial charge in [0.2, 0.25) is 5.82 Å². The number of nitrogens with zero attached hydrogens (tertiary/aromatic N) is 4. The normalized spacial score (nSPS) is 11.7. The van der Waals surface area contributed by atoms with Gasteiger partial charge in [-0.2, -0.15) is 0 Å². The molecule has 3 rings (SSSR count). The van der Waals surface area contributed by atoms with Gasteiger partial charge in [0.15, 0.2) is 23.3 Å². The second kappa shape index (κ2) is 7.03. The predicted molar refractivity (Wildman–Crippen MR) is 96.2 cm³/mol. The van der Waals surface area contributed by atoms with E-state index < -0.39 is 47.8 Å². The van der Waals surface area contributed by atoms with Crippen LogP contribution in [0.4, 0.5) is 27.6 Å². The fourth-order valence-electron chi connectivity index (χ4n) is 2.83. The molecule has 0 unspecified atom stereocenters. The fraction of sp³-hybridized carbons (Fsp3) is 0.176. The number of benzene rings is 2. The highest BCUT2D eigenvalue weighted by Crippen LogP contribution is 2.28. The lowest BCUT2D eigenvalue weighted by Crippen LogP contribution is -2.44. The van der Waals surface area contributed by atoms with Crippen LogP contribution < -0.4 is 5.32 Å². The average Bonchev–Trinajstić information content (AvgIpc) is 3.10. The number of hydrogen-bond acceptors (Lipinski definition) is 4. The highest BCUT2D eigenvalue weighted by atomic mass is 28.3. The number of aromatic nitrogens is 3. The zero-order chi connectivity index (χ0) is 21.7. The Labute approximate surface area is 161 Å². The molecule has 0 N–H and O–H groups in total. The number of rotatable bonds is 4. The molecule has 29 heavy (non-hydrogen) atoms. The van der Waals surface area contributed by atoms with Gasteiger partial charge < -0.3 is 0 Å². The van der Waals surface area contributed by atoms with E-state index >= 15 is 0 Å². The summed E-state index contributed by atoms with van der Waals surface area (Å²) in [7, 11) is -2.53. The van der Waals surface area contributed by atoms with E-state index in [2.05, 4.69) is 10.3 Å². The minimum absolute atomic E-state index is 0.142. The molecule has 0 radical (unpaired) electrons. The molecule has 0 spiro atoms. The smallest absolute Gasteiger partial charge is 0.258 e. The van der Waals surface area contributed by atoms with Gasteiger partial charge in [0.25, 0.3) is 5.69 Å². The van der Waals surface area contributed by atoms with Crippen LogP contribution in [0.2, 0.25) is 19.6 Å². The van der Waals surface area contributed by atoms with Crippen LogP contribution in [-0.4, -0.2) is 28.0 Å². The third-order valence-corrected chi connectivity index (χ3v) is 6.00. The van der Waals surface area contributed by atoms with E-state index in [0.717, 1.165) is 0 Å². The standard InChI is InChI=1S/C17H13F5N4O2Si/c1-29(2,3)17-15(8-4-6-9(7-5-8)26(27)28)23-24-25(17)16-13(21)11(19)10(18)12(20)14(16)22/h4-7H,1-3H3. The van der Waals surface area contributed by atoms with Crippen LogP contribution in [0, 0.1) is 39.2 Å². The second-order valence-electron chi connectivity index (χ2n) is 7.17. The summed E-state index contributed by atoms with van der Waals surface area (Å²) in [6, 6.07) is 5.16. The molecule has 0 saturated carbocycles. The first kappa shape index (κ1) is 20.6. The zero-order valence-corrected chi connectivity index (χ0v) is 16.3. The molecule has 0 bridgehead atoms. The predicted octanol–water partition coefficient (Wildman–Crippen LogP) is 4.08. The van der Waals surface area contributed by atoms with Crippen molar-refractivity contribution < 1.29 is 26.9 Å². The molecule has 12 heteroatoms. The van der Waals surface area contributed by atoms with Crippen molar-refractivity contribution in [1.29, 1.82) is 0 Å². The van der Waals surface area contributed by atoms with Gasteiger partial charge in [0.05, 0.1) is 10.2 Å². The highest BCUT2D eigenvalue weighted by Gasteiger charge is 2.34. The van der Waals surface area contributed by atoms with Crippen molar-refractivity contribution in [3.63, 3.8) is 0 Å². The van der Waals surface area contributed by atoms with Gasteiger partial charge in [-0.25, -0.2) is 26.6 Å². The molecule has 2 aromatic carbocycles. The molecule has 3 aromatic rings. The Bertz CT molecular complexity index is 1100. The van der Waals surface area contributed by atoms with Crippen LogP contribution in [-0.2, 0) is 0 Å². The Morgan fingerprint density at radius 2 is 1.38 bits per heavy atom. The summed E-state index contributed by atoms with van der Waals surface area (Å²) < 4.78 is 70.1. The third-order valence-electron chi connectivity index (χ3n) is 4.13. The average molecular weight is 428 g/mol. The van der Waals surface area contributed by atoms with Gasteiger partial charge in [-0.05, 0) is 12.1 Å². The Morgan fingerprint density at radius 3 is 1.83 bits per heavy atom. The molecule has 0 saturated heterocycles. The van der Waals surface area contributed by atoms with Crippen molar-refractivity contribution in [1.82, 2.24) is 15.0 Å². The van der Waals surface area contributed by atoms with Gasteiger partial charge in [-0.1, -0.05) is 24.9 Å². The molecule has 0 amide bonds. The Morgan fingerprint density at radius 1 is 0.897 bits per heavy atom. The molecular formula is C17H13F5N4O2Si. The molecule has 0 fully saturated rings. The summed E-state index contributed by atoms with van der Waals surface area (Å²) in [5, 5.41) is 18.5. The Hall–Kier alpha value is -3.15. The maximum absolute atomic E-state index is 14.3. The van der Waals surface area contributed by atoms with Gasteiger partial charge in [0.1, 0.15) is 19.5 Å². The van der Waals surface area contributed by atoms with Crippen LogP contribution in [0.3, 0.4) is 0 Å². The SMILES string of the molecule is C[Si](C)(C)c1c(-c2ccc([N+](=O)[O-])cc2)nnn1-c1c(F)c(F)c(F)c(F)c1F. The van der Waals surface area contributed by atoms with Crippen molar-refractivity contribution >= 4 is 19.1 Å². The van der Waals surface area contributed by atoms with E-state index in [9.17, 15) is 32.1 Å². The van der Waals surface area contributed by atoms with E-state index in [1.165, 1.54) is 24.3 Å². The van der Waals surface area contributed by atoms with E-state index in [0.29, 0.717) is 10.2 Å². The van der Waals surface area contributed by atoms with E-state index in [1.807, 2.05) is 0 Å². The Balaban J connectivity index is 2.31. The maximum Gasteiger partial charge on any atom is 0.269 e. The largest absolute Gasteiger partial charge is 0.269 e. The van der Waals surface area contributed by atoms with Crippen molar-refractivity contribution in [2.24, 2.45) is 0 Å². The maximum atomic E-state index is 14.3. The summed E-state index contributed by atoms with van der Waals surface area (Å²) in [4.78, 5) is 10.2. The number of non-ortho nitro benzene ring substituents is 1.